The molecule has 0 fully saturated rings. The predicted octanol–water partition coefficient (Wildman–Crippen LogP) is 9.00. The van der Waals surface area contributed by atoms with Crippen LogP contribution >= 0.6 is 0 Å². The lowest BCUT2D eigenvalue weighted by Gasteiger charge is -2.13. The average molecular weight is 459 g/mol. The zero-order valence-corrected chi connectivity index (χ0v) is 19.2. The molecule has 9 aromatic rings. The Kier molecular flexibility index (Phi) is 3.28. The number of hydrogen-bond acceptors (Lipinski definition) is 2. The Morgan fingerprint density at radius 2 is 1.28 bits per heavy atom. The Morgan fingerprint density at radius 3 is 2.14 bits per heavy atom. The molecule has 0 unspecified atom stereocenters. The highest BCUT2D eigenvalue weighted by Crippen LogP contribution is 2.41. The van der Waals surface area contributed by atoms with Crippen LogP contribution < -0.4 is 0 Å². The largest absolute Gasteiger partial charge is 0.454 e. The van der Waals surface area contributed by atoms with E-state index in [1.165, 1.54) is 32.3 Å². The Labute approximate surface area is 204 Å². The van der Waals surface area contributed by atoms with Crippen LogP contribution in [-0.4, -0.2) is 9.38 Å². The monoisotopic (exact) mass is 458 g/mol. The second-order valence-corrected chi connectivity index (χ2v) is 9.60. The van der Waals surface area contributed by atoms with E-state index in [2.05, 4.69) is 101 Å². The van der Waals surface area contributed by atoms with E-state index in [1.807, 2.05) is 12.1 Å². The summed E-state index contributed by atoms with van der Waals surface area (Å²) in [6.45, 7) is 0. The Hall–Kier alpha value is -4.89. The van der Waals surface area contributed by atoms with Gasteiger partial charge >= 0.3 is 0 Å². The zero-order chi connectivity index (χ0) is 23.4. The second-order valence-electron chi connectivity index (χ2n) is 9.60. The van der Waals surface area contributed by atoms with Gasteiger partial charge in [0.1, 0.15) is 16.7 Å². The summed E-state index contributed by atoms with van der Waals surface area (Å²) in [5, 5.41) is 10.8. The Bertz CT molecular complexity index is 2370. The molecule has 0 radical (unpaired) electrons. The van der Waals surface area contributed by atoms with Crippen LogP contribution in [0.2, 0.25) is 0 Å². The molecule has 0 aliphatic heterocycles. The zero-order valence-electron chi connectivity index (χ0n) is 19.2. The summed E-state index contributed by atoms with van der Waals surface area (Å²) in [6, 6.07) is 38.8. The van der Waals surface area contributed by atoms with Crippen LogP contribution in [0.3, 0.4) is 0 Å². The third kappa shape index (κ3) is 2.21. The van der Waals surface area contributed by atoms with Gasteiger partial charge in [0.25, 0.3) is 0 Å². The highest BCUT2D eigenvalue weighted by atomic mass is 16.3. The van der Waals surface area contributed by atoms with Crippen molar-refractivity contribution in [1.82, 2.24) is 9.38 Å². The molecule has 36 heavy (non-hydrogen) atoms. The molecular formula is C33H18N2O. The fourth-order valence-corrected chi connectivity index (χ4v) is 6.12. The fourth-order valence-electron chi connectivity index (χ4n) is 6.12. The number of imidazole rings is 1. The van der Waals surface area contributed by atoms with Gasteiger partial charge in [-0.15, -0.1) is 0 Å². The van der Waals surface area contributed by atoms with Crippen molar-refractivity contribution < 1.29 is 4.42 Å². The first-order chi connectivity index (χ1) is 17.8. The van der Waals surface area contributed by atoms with Gasteiger partial charge in [-0.05, 0) is 63.3 Å². The minimum Gasteiger partial charge on any atom is -0.454 e. The van der Waals surface area contributed by atoms with Gasteiger partial charge in [-0.3, -0.25) is 4.40 Å². The van der Waals surface area contributed by atoms with Crippen molar-refractivity contribution in [3.63, 3.8) is 0 Å². The molecule has 3 aromatic heterocycles. The van der Waals surface area contributed by atoms with E-state index >= 15 is 0 Å². The highest BCUT2D eigenvalue weighted by molar-refractivity contribution is 6.26. The second kappa shape index (κ2) is 6.41. The van der Waals surface area contributed by atoms with E-state index < -0.39 is 0 Å². The lowest BCUT2D eigenvalue weighted by molar-refractivity contribution is 0.671. The summed E-state index contributed by atoms with van der Waals surface area (Å²) in [6.07, 6.45) is 0. The quantitative estimate of drug-likeness (QED) is 0.168. The van der Waals surface area contributed by atoms with Crippen LogP contribution in [0.4, 0.5) is 0 Å². The number of benzene rings is 6. The SMILES string of the molecule is c1ccc2cc3c(cc2c1)c1c2ccccc2ccc1n1c3nc2ccc3c4ccccc4oc3c21. The lowest BCUT2D eigenvalue weighted by atomic mass is 9.97. The van der Waals surface area contributed by atoms with Crippen molar-refractivity contribution >= 4 is 81.8 Å². The molecule has 0 saturated carbocycles. The molecule has 9 rings (SSSR count). The van der Waals surface area contributed by atoms with Gasteiger partial charge < -0.3 is 4.42 Å². The third-order valence-corrected chi connectivity index (χ3v) is 7.71. The molecule has 0 saturated heterocycles. The minimum atomic E-state index is 0.885. The molecule has 0 aliphatic rings. The van der Waals surface area contributed by atoms with Gasteiger partial charge in [0.15, 0.2) is 5.58 Å². The number of aromatic nitrogens is 2. The minimum absolute atomic E-state index is 0.885. The summed E-state index contributed by atoms with van der Waals surface area (Å²) >= 11 is 0. The molecule has 0 aliphatic carbocycles. The van der Waals surface area contributed by atoms with Crippen LogP contribution in [0.1, 0.15) is 0 Å². The summed E-state index contributed by atoms with van der Waals surface area (Å²) in [7, 11) is 0. The summed E-state index contributed by atoms with van der Waals surface area (Å²) in [5.41, 5.74) is 5.85. The molecule has 6 aromatic carbocycles. The van der Waals surface area contributed by atoms with Crippen LogP contribution in [0.25, 0.3) is 81.8 Å². The molecule has 0 bridgehead atoms. The number of pyridine rings is 1. The normalized spacial score (nSPS) is 12.4. The molecule has 3 nitrogen and oxygen atoms in total. The molecular weight excluding hydrogens is 440 g/mol. The first-order valence-electron chi connectivity index (χ1n) is 12.2. The van der Waals surface area contributed by atoms with E-state index in [9.17, 15) is 0 Å². The number of fused-ring (bicyclic) bond motifs is 15. The molecule has 0 N–H and O–H groups in total. The third-order valence-electron chi connectivity index (χ3n) is 7.71. The van der Waals surface area contributed by atoms with Crippen molar-refractivity contribution in [2.75, 3.05) is 0 Å². The topological polar surface area (TPSA) is 30.4 Å². The average Bonchev–Trinajstić information content (AvgIpc) is 3.51. The first kappa shape index (κ1) is 18.4. The van der Waals surface area contributed by atoms with E-state index in [0.717, 1.165) is 49.5 Å². The Balaban J connectivity index is 1.64. The van der Waals surface area contributed by atoms with Gasteiger partial charge in [0.05, 0.1) is 11.0 Å². The summed E-state index contributed by atoms with van der Waals surface area (Å²) in [5.74, 6) is 0. The smallest absolute Gasteiger partial charge is 0.161 e. The van der Waals surface area contributed by atoms with Crippen LogP contribution in [0, 0.1) is 0 Å². The van der Waals surface area contributed by atoms with Crippen molar-refractivity contribution in [1.29, 1.82) is 0 Å². The van der Waals surface area contributed by atoms with Crippen LogP contribution in [-0.2, 0) is 0 Å². The van der Waals surface area contributed by atoms with Crippen molar-refractivity contribution in [2.45, 2.75) is 0 Å². The highest BCUT2D eigenvalue weighted by Gasteiger charge is 2.20. The standard InChI is InChI=1S/C33H18N2O/c1-2-9-21-18-26-25(17-20(21)8-1)30-22-10-4-3-7-19(22)13-16-28(30)35-31-27(34-33(26)35)15-14-24-23-11-5-6-12-29(23)36-32(24)31/h1-18H. The molecule has 0 atom stereocenters. The molecule has 3 heteroatoms. The fraction of sp³-hybridized carbons (Fsp3) is 0. The molecule has 0 spiro atoms. The van der Waals surface area contributed by atoms with Gasteiger partial charge in [-0.2, -0.15) is 0 Å². The van der Waals surface area contributed by atoms with Gasteiger partial charge in [0.2, 0.25) is 0 Å². The lowest BCUT2D eigenvalue weighted by Crippen LogP contribution is -1.93. The first-order valence-corrected chi connectivity index (χ1v) is 12.2. The number of rotatable bonds is 0. The van der Waals surface area contributed by atoms with Crippen LogP contribution in [0.15, 0.2) is 114 Å². The van der Waals surface area contributed by atoms with Gasteiger partial charge in [0, 0.05) is 21.5 Å². The number of nitrogens with zero attached hydrogens (tertiary/aromatic N) is 2. The van der Waals surface area contributed by atoms with E-state index in [0.29, 0.717) is 0 Å². The number of para-hydroxylation sites is 1. The van der Waals surface area contributed by atoms with Crippen LogP contribution in [0.5, 0.6) is 0 Å². The molecule has 0 amide bonds. The van der Waals surface area contributed by atoms with E-state index in [4.69, 9.17) is 9.40 Å². The van der Waals surface area contributed by atoms with Crippen molar-refractivity contribution in [3.05, 3.63) is 109 Å². The summed E-state index contributed by atoms with van der Waals surface area (Å²) < 4.78 is 8.81. The molecule has 166 valence electrons. The Morgan fingerprint density at radius 1 is 0.556 bits per heavy atom. The predicted molar refractivity (Wildman–Crippen MR) is 150 cm³/mol. The number of furan rings is 1. The van der Waals surface area contributed by atoms with Crippen molar-refractivity contribution in [2.24, 2.45) is 0 Å². The number of hydrogen-bond donors (Lipinski definition) is 0. The maximum absolute atomic E-state index is 6.49. The van der Waals surface area contributed by atoms with Gasteiger partial charge in [-0.25, -0.2) is 4.98 Å². The summed E-state index contributed by atoms with van der Waals surface area (Å²) in [4.78, 5) is 5.20. The van der Waals surface area contributed by atoms with E-state index in [1.54, 1.807) is 0 Å². The van der Waals surface area contributed by atoms with Gasteiger partial charge in [-0.1, -0.05) is 72.8 Å². The maximum atomic E-state index is 6.49. The van der Waals surface area contributed by atoms with Crippen molar-refractivity contribution in [3.8, 4) is 0 Å². The van der Waals surface area contributed by atoms with E-state index in [-0.39, 0.29) is 0 Å². The molecule has 3 heterocycles. The maximum Gasteiger partial charge on any atom is 0.161 e.